The summed E-state index contributed by atoms with van der Waals surface area (Å²) >= 11 is 0. The first-order valence-electron chi connectivity index (χ1n) is 3.96. The molecule has 0 saturated carbocycles. The highest BCUT2D eigenvalue weighted by molar-refractivity contribution is 5.88. The summed E-state index contributed by atoms with van der Waals surface area (Å²) in [5, 5.41) is 8.63. The topological polar surface area (TPSA) is 43.8 Å². The smallest absolute Gasteiger partial charge is 0.254 e. The van der Waals surface area contributed by atoms with Gasteiger partial charge in [-0.1, -0.05) is 6.58 Å². The molecule has 1 rings (SSSR count). The van der Waals surface area contributed by atoms with Gasteiger partial charge in [0.15, 0.2) is 0 Å². The van der Waals surface area contributed by atoms with Crippen molar-refractivity contribution in [1.29, 1.82) is 0 Å². The molecule has 0 aromatic carbocycles. The zero-order valence-corrected chi connectivity index (χ0v) is 7.26. The fourth-order valence-electron chi connectivity index (χ4n) is 0.931. The molecule has 0 fully saturated rings. The first-order chi connectivity index (χ1) is 6.27. The molecule has 13 heavy (non-hydrogen) atoms. The van der Waals surface area contributed by atoms with Gasteiger partial charge in [0.05, 0.1) is 6.61 Å². The molecule has 1 N–H and O–H groups in total. The van der Waals surface area contributed by atoms with Crippen molar-refractivity contribution in [3.8, 4) is 0 Å². The van der Waals surface area contributed by atoms with Crippen LogP contribution < -0.4 is 0 Å². The molecule has 0 aromatic rings. The van der Waals surface area contributed by atoms with E-state index in [1.165, 1.54) is 11.0 Å². The molecule has 1 aliphatic rings. The average molecular weight is 180 g/mol. The summed E-state index contributed by atoms with van der Waals surface area (Å²) in [6.45, 7) is 4.00. The van der Waals surface area contributed by atoms with Crippen LogP contribution in [0.5, 0.6) is 0 Å². The number of carbonyl (C=O) groups excluding carboxylic acids is 1. The Morgan fingerprint density at radius 2 is 2.00 bits per heavy atom. The van der Waals surface area contributed by atoms with Gasteiger partial charge in [-0.3, -0.25) is 9.69 Å². The van der Waals surface area contributed by atoms with Crippen LogP contribution in [-0.2, 0) is 4.79 Å². The Kier molecular flexibility index (Phi) is 3.28. The molecule has 1 heterocycles. The molecule has 0 bridgehead atoms. The summed E-state index contributed by atoms with van der Waals surface area (Å²) in [4.78, 5) is 14.3. The van der Waals surface area contributed by atoms with Crippen LogP contribution in [0.4, 0.5) is 0 Å². The molecule has 0 aromatic heterocycles. The van der Waals surface area contributed by atoms with Crippen molar-refractivity contribution >= 4 is 5.91 Å². The summed E-state index contributed by atoms with van der Waals surface area (Å²) in [5.74, 6) is -0.170. The van der Waals surface area contributed by atoms with Gasteiger partial charge in [-0.2, -0.15) is 0 Å². The standard InChI is InChI=1S/C9H12N2O2/c1-2-9(13)11-5-3-10(4-6-11)7-8-12/h2-6,12H,1,7-8H2. The number of hydrogen-bond donors (Lipinski definition) is 1. The molecule has 4 nitrogen and oxygen atoms in total. The van der Waals surface area contributed by atoms with E-state index in [-0.39, 0.29) is 12.5 Å². The van der Waals surface area contributed by atoms with E-state index in [9.17, 15) is 4.79 Å². The first-order valence-corrected chi connectivity index (χ1v) is 3.96. The van der Waals surface area contributed by atoms with Gasteiger partial charge in [0.2, 0.25) is 0 Å². The van der Waals surface area contributed by atoms with Gasteiger partial charge >= 0.3 is 0 Å². The van der Waals surface area contributed by atoms with Crippen LogP contribution in [0.15, 0.2) is 37.5 Å². The van der Waals surface area contributed by atoms with Gasteiger partial charge in [-0.25, -0.2) is 0 Å². The number of β-amino-alcohol motifs (C(OH)–C–C–N with tert-alkyl or cyclic N) is 1. The van der Waals surface area contributed by atoms with E-state index in [2.05, 4.69) is 6.58 Å². The maximum atomic E-state index is 11.1. The maximum Gasteiger partial charge on any atom is 0.254 e. The Bertz CT molecular complexity index is 244. The van der Waals surface area contributed by atoms with E-state index in [1.54, 1.807) is 29.7 Å². The molecule has 0 unspecified atom stereocenters. The van der Waals surface area contributed by atoms with Crippen LogP contribution in [0, 0.1) is 0 Å². The van der Waals surface area contributed by atoms with Crippen LogP contribution >= 0.6 is 0 Å². The fraction of sp³-hybridized carbons (Fsp3) is 0.222. The van der Waals surface area contributed by atoms with E-state index < -0.39 is 0 Å². The predicted molar refractivity (Wildman–Crippen MR) is 49.1 cm³/mol. The zero-order valence-electron chi connectivity index (χ0n) is 7.26. The second-order valence-corrected chi connectivity index (χ2v) is 2.51. The van der Waals surface area contributed by atoms with Gasteiger partial charge < -0.3 is 10.0 Å². The maximum absolute atomic E-state index is 11.1. The Hall–Kier alpha value is -1.55. The van der Waals surface area contributed by atoms with Crippen molar-refractivity contribution in [1.82, 2.24) is 9.80 Å². The minimum absolute atomic E-state index is 0.0874. The van der Waals surface area contributed by atoms with Crippen molar-refractivity contribution in [3.05, 3.63) is 37.5 Å². The molecule has 1 amide bonds. The van der Waals surface area contributed by atoms with E-state index in [1.807, 2.05) is 0 Å². The highest BCUT2D eigenvalue weighted by Crippen LogP contribution is 2.04. The van der Waals surface area contributed by atoms with Gasteiger partial charge in [0.1, 0.15) is 0 Å². The lowest BCUT2D eigenvalue weighted by Crippen LogP contribution is -2.25. The van der Waals surface area contributed by atoms with Gasteiger partial charge in [0, 0.05) is 31.3 Å². The summed E-state index contributed by atoms with van der Waals surface area (Å²) in [6.07, 6.45) is 7.94. The van der Waals surface area contributed by atoms with Crippen LogP contribution in [0.3, 0.4) is 0 Å². The average Bonchev–Trinajstić information content (AvgIpc) is 2.18. The number of aliphatic hydroxyl groups is 1. The molecule has 0 atom stereocenters. The molecule has 1 aliphatic heterocycles. The van der Waals surface area contributed by atoms with Crippen molar-refractivity contribution in [2.75, 3.05) is 13.2 Å². The minimum Gasteiger partial charge on any atom is -0.395 e. The molecule has 0 aliphatic carbocycles. The third-order valence-electron chi connectivity index (χ3n) is 1.62. The monoisotopic (exact) mass is 180 g/mol. The van der Waals surface area contributed by atoms with Crippen LogP contribution in [0.1, 0.15) is 0 Å². The molecule has 70 valence electrons. The molecule has 0 radical (unpaired) electrons. The van der Waals surface area contributed by atoms with E-state index >= 15 is 0 Å². The van der Waals surface area contributed by atoms with Crippen LogP contribution in [0.2, 0.25) is 0 Å². The molecular formula is C9H12N2O2. The zero-order chi connectivity index (χ0) is 9.68. The number of rotatable bonds is 3. The third kappa shape index (κ3) is 2.45. The number of hydrogen-bond acceptors (Lipinski definition) is 3. The second kappa shape index (κ2) is 4.47. The number of aliphatic hydroxyl groups excluding tert-OH is 1. The van der Waals surface area contributed by atoms with E-state index in [0.29, 0.717) is 6.54 Å². The Morgan fingerprint density at radius 1 is 1.38 bits per heavy atom. The lowest BCUT2D eigenvalue weighted by atomic mass is 10.4. The second-order valence-electron chi connectivity index (χ2n) is 2.51. The summed E-state index contributed by atoms with van der Waals surface area (Å²) < 4.78 is 0. The van der Waals surface area contributed by atoms with Crippen LogP contribution in [-0.4, -0.2) is 34.0 Å². The highest BCUT2D eigenvalue weighted by Gasteiger charge is 2.07. The van der Waals surface area contributed by atoms with E-state index in [0.717, 1.165) is 0 Å². The molecule has 0 saturated heterocycles. The van der Waals surface area contributed by atoms with Crippen molar-refractivity contribution in [2.24, 2.45) is 0 Å². The van der Waals surface area contributed by atoms with E-state index in [4.69, 9.17) is 5.11 Å². The van der Waals surface area contributed by atoms with Gasteiger partial charge in [-0.05, 0) is 6.08 Å². The Balaban J connectivity index is 2.52. The first kappa shape index (κ1) is 9.54. The largest absolute Gasteiger partial charge is 0.395 e. The summed E-state index contributed by atoms with van der Waals surface area (Å²) in [7, 11) is 0. The minimum atomic E-state index is -0.170. The lowest BCUT2D eigenvalue weighted by molar-refractivity contribution is -0.121. The van der Waals surface area contributed by atoms with Crippen molar-refractivity contribution in [2.45, 2.75) is 0 Å². The highest BCUT2D eigenvalue weighted by atomic mass is 16.3. The third-order valence-corrected chi connectivity index (χ3v) is 1.62. The predicted octanol–water partition coefficient (Wildman–Crippen LogP) is 0.251. The molecule has 0 spiro atoms. The normalized spacial score (nSPS) is 14.8. The van der Waals surface area contributed by atoms with Crippen molar-refractivity contribution in [3.63, 3.8) is 0 Å². The number of carbonyl (C=O) groups is 1. The fourth-order valence-corrected chi connectivity index (χ4v) is 0.931. The number of amides is 1. The summed E-state index contributed by atoms with van der Waals surface area (Å²) in [5.41, 5.74) is 0. The van der Waals surface area contributed by atoms with Crippen LogP contribution in [0.25, 0.3) is 0 Å². The number of nitrogens with zero attached hydrogens (tertiary/aromatic N) is 2. The SMILES string of the molecule is C=CC(=O)N1C=CN(CCO)C=C1. The Labute approximate surface area is 77.1 Å². The quantitative estimate of drug-likeness (QED) is 0.633. The van der Waals surface area contributed by atoms with Gasteiger partial charge in [0.25, 0.3) is 5.91 Å². The Morgan fingerprint density at radius 3 is 2.46 bits per heavy atom. The van der Waals surface area contributed by atoms with Gasteiger partial charge in [-0.15, -0.1) is 0 Å². The summed E-state index contributed by atoms with van der Waals surface area (Å²) in [6, 6.07) is 0. The molecule has 4 heteroatoms. The van der Waals surface area contributed by atoms with Crippen molar-refractivity contribution < 1.29 is 9.90 Å². The molecular weight excluding hydrogens is 168 g/mol. The lowest BCUT2D eigenvalue weighted by Gasteiger charge is -2.21.